The van der Waals surface area contributed by atoms with E-state index >= 15 is 0 Å². The Morgan fingerprint density at radius 1 is 1.50 bits per heavy atom. The standard InChI is InChI=1S/C9H9ClN2O5S/c1-6(13)5-11-18(16,17)9-3-2-7(12(14)15)4-8(9)10/h2-4,11H,5H2,1H3. The maximum Gasteiger partial charge on any atom is 0.271 e. The molecule has 0 aromatic heterocycles. The number of carbonyl (C=O) groups is 1. The summed E-state index contributed by atoms with van der Waals surface area (Å²) in [7, 11) is -3.95. The zero-order valence-corrected chi connectivity index (χ0v) is 10.8. The van der Waals surface area contributed by atoms with E-state index in [1.165, 1.54) is 6.92 Å². The van der Waals surface area contributed by atoms with Crippen molar-refractivity contribution in [2.75, 3.05) is 6.54 Å². The highest BCUT2D eigenvalue weighted by atomic mass is 35.5. The largest absolute Gasteiger partial charge is 0.299 e. The van der Waals surface area contributed by atoms with Crippen LogP contribution in [0.1, 0.15) is 6.92 Å². The zero-order chi connectivity index (χ0) is 13.9. The monoisotopic (exact) mass is 292 g/mol. The van der Waals surface area contributed by atoms with E-state index in [0.717, 1.165) is 18.2 Å². The van der Waals surface area contributed by atoms with Crippen molar-refractivity contribution in [1.29, 1.82) is 0 Å². The highest BCUT2D eigenvalue weighted by Crippen LogP contribution is 2.25. The molecule has 7 nitrogen and oxygen atoms in total. The van der Waals surface area contributed by atoms with Gasteiger partial charge in [0.05, 0.1) is 16.5 Å². The molecular formula is C9H9ClN2O5S. The average Bonchev–Trinajstić information content (AvgIpc) is 2.26. The van der Waals surface area contributed by atoms with Gasteiger partial charge in [-0.1, -0.05) is 11.6 Å². The van der Waals surface area contributed by atoms with Crippen LogP contribution >= 0.6 is 11.6 Å². The van der Waals surface area contributed by atoms with Gasteiger partial charge in [0, 0.05) is 12.1 Å². The normalized spacial score (nSPS) is 11.2. The van der Waals surface area contributed by atoms with Crippen molar-refractivity contribution in [1.82, 2.24) is 4.72 Å². The number of halogens is 1. The minimum absolute atomic E-state index is 0.278. The highest BCUT2D eigenvalue weighted by Gasteiger charge is 2.20. The summed E-state index contributed by atoms with van der Waals surface area (Å²) in [4.78, 5) is 20.2. The number of nitrogens with one attached hydrogen (secondary N) is 1. The quantitative estimate of drug-likeness (QED) is 0.646. The Labute approximate surface area is 108 Å². The Morgan fingerprint density at radius 3 is 2.56 bits per heavy atom. The molecule has 0 bridgehead atoms. The number of non-ortho nitro benzene ring substituents is 1. The molecule has 18 heavy (non-hydrogen) atoms. The molecule has 1 aromatic rings. The number of rotatable bonds is 5. The molecule has 1 rings (SSSR count). The minimum Gasteiger partial charge on any atom is -0.299 e. The molecule has 9 heteroatoms. The number of nitrogens with zero attached hydrogens (tertiary/aromatic N) is 1. The van der Waals surface area contributed by atoms with Gasteiger partial charge in [0.25, 0.3) is 5.69 Å². The van der Waals surface area contributed by atoms with Gasteiger partial charge < -0.3 is 0 Å². The lowest BCUT2D eigenvalue weighted by Gasteiger charge is -2.06. The van der Waals surface area contributed by atoms with Gasteiger partial charge in [0.1, 0.15) is 10.7 Å². The van der Waals surface area contributed by atoms with Crippen LogP contribution in [-0.2, 0) is 14.8 Å². The molecule has 0 aliphatic rings. The van der Waals surface area contributed by atoms with Crippen molar-refractivity contribution < 1.29 is 18.1 Å². The summed E-state index contributed by atoms with van der Waals surface area (Å²) in [5.41, 5.74) is -0.314. The second-order valence-electron chi connectivity index (χ2n) is 3.40. The Hall–Kier alpha value is -1.51. The number of Topliss-reactive ketones (excluding diaryl/α,β-unsaturated/α-hetero) is 1. The van der Waals surface area contributed by atoms with Gasteiger partial charge in [-0.15, -0.1) is 0 Å². The summed E-state index contributed by atoms with van der Waals surface area (Å²) in [6.07, 6.45) is 0. The minimum atomic E-state index is -3.95. The third kappa shape index (κ3) is 3.49. The van der Waals surface area contributed by atoms with Crippen LogP contribution in [0.2, 0.25) is 5.02 Å². The van der Waals surface area contributed by atoms with Gasteiger partial charge in [-0.05, 0) is 13.0 Å². The highest BCUT2D eigenvalue weighted by molar-refractivity contribution is 7.89. The maximum absolute atomic E-state index is 11.7. The van der Waals surface area contributed by atoms with Gasteiger partial charge in [0.2, 0.25) is 10.0 Å². The molecule has 1 N–H and O–H groups in total. The summed E-state index contributed by atoms with van der Waals surface area (Å²) < 4.78 is 25.5. The molecule has 0 atom stereocenters. The second-order valence-corrected chi connectivity index (χ2v) is 5.54. The van der Waals surface area contributed by atoms with Crippen molar-refractivity contribution in [3.8, 4) is 0 Å². The third-order valence-electron chi connectivity index (χ3n) is 1.93. The first kappa shape index (κ1) is 14.6. The molecule has 0 aliphatic heterocycles. The van der Waals surface area contributed by atoms with Gasteiger partial charge in [-0.3, -0.25) is 14.9 Å². The maximum atomic E-state index is 11.7. The Bertz CT molecular complexity index is 599. The summed E-state index contributed by atoms with van der Waals surface area (Å²) in [6, 6.07) is 2.97. The summed E-state index contributed by atoms with van der Waals surface area (Å²) in [5, 5.41) is 10.2. The molecule has 0 aliphatic carbocycles. The number of carbonyl (C=O) groups excluding carboxylic acids is 1. The first-order chi connectivity index (χ1) is 8.24. The van der Waals surface area contributed by atoms with E-state index in [1.807, 2.05) is 4.72 Å². The van der Waals surface area contributed by atoms with Crippen LogP contribution in [0.5, 0.6) is 0 Å². The van der Waals surface area contributed by atoms with Crippen LogP contribution in [0.25, 0.3) is 0 Å². The zero-order valence-electron chi connectivity index (χ0n) is 9.21. The lowest BCUT2D eigenvalue weighted by molar-refractivity contribution is -0.384. The van der Waals surface area contributed by atoms with Gasteiger partial charge >= 0.3 is 0 Å². The molecule has 0 heterocycles. The molecule has 1 aromatic carbocycles. The number of hydrogen-bond donors (Lipinski definition) is 1. The fourth-order valence-corrected chi connectivity index (χ4v) is 2.69. The number of hydrogen-bond acceptors (Lipinski definition) is 5. The first-order valence-corrected chi connectivity index (χ1v) is 6.53. The summed E-state index contributed by atoms with van der Waals surface area (Å²) in [6.45, 7) is 0.857. The van der Waals surface area contributed by atoms with Crippen molar-refractivity contribution in [3.05, 3.63) is 33.3 Å². The fraction of sp³-hybridized carbons (Fsp3) is 0.222. The molecule has 0 spiro atoms. The van der Waals surface area contributed by atoms with Crippen molar-refractivity contribution >= 4 is 33.1 Å². The smallest absolute Gasteiger partial charge is 0.271 e. The third-order valence-corrected chi connectivity index (χ3v) is 3.81. The lowest BCUT2D eigenvalue weighted by Crippen LogP contribution is -2.28. The Morgan fingerprint density at radius 2 is 2.11 bits per heavy atom. The molecule has 0 fully saturated rings. The molecule has 98 valence electrons. The van der Waals surface area contributed by atoms with Crippen molar-refractivity contribution in [2.45, 2.75) is 11.8 Å². The average molecular weight is 293 g/mol. The predicted molar refractivity (Wildman–Crippen MR) is 64.0 cm³/mol. The van der Waals surface area contributed by atoms with E-state index in [2.05, 4.69) is 0 Å². The summed E-state index contributed by atoms with van der Waals surface area (Å²) >= 11 is 5.66. The van der Waals surface area contributed by atoms with Gasteiger partial charge in [-0.2, -0.15) is 0 Å². The van der Waals surface area contributed by atoms with Crippen LogP contribution in [0, 0.1) is 10.1 Å². The van der Waals surface area contributed by atoms with Crippen molar-refractivity contribution in [2.24, 2.45) is 0 Å². The number of nitro groups is 1. The van der Waals surface area contributed by atoms with E-state index < -0.39 is 14.9 Å². The van der Waals surface area contributed by atoms with E-state index in [1.54, 1.807) is 0 Å². The van der Waals surface area contributed by atoms with E-state index in [0.29, 0.717) is 0 Å². The number of sulfonamides is 1. The molecular weight excluding hydrogens is 284 g/mol. The van der Waals surface area contributed by atoms with Crippen LogP contribution in [0.3, 0.4) is 0 Å². The molecule has 0 radical (unpaired) electrons. The van der Waals surface area contributed by atoms with Gasteiger partial charge in [0.15, 0.2) is 0 Å². The van der Waals surface area contributed by atoms with Crippen LogP contribution in [-0.4, -0.2) is 25.7 Å². The van der Waals surface area contributed by atoms with E-state index in [4.69, 9.17) is 11.6 Å². The number of benzene rings is 1. The molecule has 0 saturated heterocycles. The SMILES string of the molecule is CC(=O)CNS(=O)(=O)c1ccc([N+](=O)[O-])cc1Cl. The number of ketones is 1. The molecule has 0 unspecified atom stereocenters. The van der Waals surface area contributed by atoms with Crippen LogP contribution in [0.4, 0.5) is 5.69 Å². The van der Waals surface area contributed by atoms with E-state index in [9.17, 15) is 23.3 Å². The topological polar surface area (TPSA) is 106 Å². The first-order valence-electron chi connectivity index (χ1n) is 4.67. The second kappa shape index (κ2) is 5.42. The Balaban J connectivity index is 3.10. The Kier molecular flexibility index (Phi) is 4.38. The molecule has 0 saturated carbocycles. The predicted octanol–water partition coefficient (Wildman–Crippen LogP) is 1.12. The molecule has 0 amide bonds. The van der Waals surface area contributed by atoms with Gasteiger partial charge in [-0.25, -0.2) is 13.1 Å². The van der Waals surface area contributed by atoms with Crippen LogP contribution in [0.15, 0.2) is 23.1 Å². The van der Waals surface area contributed by atoms with E-state index in [-0.39, 0.29) is 27.9 Å². The van der Waals surface area contributed by atoms with Crippen molar-refractivity contribution in [3.63, 3.8) is 0 Å². The van der Waals surface area contributed by atoms with Crippen LogP contribution < -0.4 is 4.72 Å². The fourth-order valence-electron chi connectivity index (χ4n) is 1.10. The number of nitro benzene ring substituents is 1. The summed E-state index contributed by atoms with van der Waals surface area (Å²) in [5.74, 6) is -0.364. The lowest BCUT2D eigenvalue weighted by atomic mass is 10.3.